The second-order valence-corrected chi connectivity index (χ2v) is 2.88. The molecule has 0 aromatic carbocycles. The van der Waals surface area contributed by atoms with Gasteiger partial charge in [0.25, 0.3) is 6.43 Å². The Morgan fingerprint density at radius 2 is 1.94 bits per heavy atom. The maximum absolute atomic E-state index is 12.5. The fraction of sp³-hybridized carbons (Fsp3) is 0.286. The first-order valence-electron chi connectivity index (χ1n) is 3.94. The first kappa shape index (κ1) is 13.1. The molecule has 1 heterocycles. The van der Waals surface area contributed by atoms with Crippen LogP contribution in [0, 0.1) is 10.1 Å². The third-order valence-corrected chi connectivity index (χ3v) is 1.81. The molecule has 1 rings (SSSR count). The fourth-order valence-electron chi connectivity index (χ4n) is 1.18. The summed E-state index contributed by atoms with van der Waals surface area (Å²) in [5, 5.41) is 10.4. The summed E-state index contributed by atoms with van der Waals surface area (Å²) in [6.45, 7) is 0. The predicted octanol–water partition coefficient (Wildman–Crippen LogP) is 2.53. The minimum atomic E-state index is -5.31. The number of nitro groups is 1. The van der Waals surface area contributed by atoms with E-state index in [-0.39, 0.29) is 6.20 Å². The zero-order valence-corrected chi connectivity index (χ0v) is 7.83. The summed E-state index contributed by atoms with van der Waals surface area (Å²) in [5.74, 6) is -1.06. The van der Waals surface area contributed by atoms with Crippen molar-refractivity contribution in [3.05, 3.63) is 27.4 Å². The lowest BCUT2D eigenvalue weighted by Crippen LogP contribution is -2.15. The standard InChI is InChI=1S/C7H4F5N3O2/c8-5(9)2-1-14-6(13)4(15(16)17)3(2)7(10,11)12/h1,5H,(H2,13,14). The average molecular weight is 257 g/mol. The number of aromatic nitrogens is 1. The molecular weight excluding hydrogens is 253 g/mol. The summed E-state index contributed by atoms with van der Waals surface area (Å²) < 4.78 is 62.1. The van der Waals surface area contributed by atoms with E-state index >= 15 is 0 Å². The summed E-state index contributed by atoms with van der Waals surface area (Å²) in [4.78, 5) is 11.9. The largest absolute Gasteiger partial charge is 0.423 e. The molecule has 5 nitrogen and oxygen atoms in total. The van der Waals surface area contributed by atoms with E-state index in [0.29, 0.717) is 0 Å². The lowest BCUT2D eigenvalue weighted by Gasteiger charge is -2.12. The van der Waals surface area contributed by atoms with Crippen molar-refractivity contribution in [2.24, 2.45) is 0 Å². The molecule has 0 atom stereocenters. The van der Waals surface area contributed by atoms with Gasteiger partial charge in [-0.05, 0) is 0 Å². The Labute approximate surface area is 90.2 Å². The number of nitrogens with two attached hydrogens (primary N) is 1. The van der Waals surface area contributed by atoms with Crippen LogP contribution in [0.1, 0.15) is 17.6 Å². The van der Waals surface area contributed by atoms with Crippen LogP contribution in [0.25, 0.3) is 0 Å². The van der Waals surface area contributed by atoms with E-state index in [1.54, 1.807) is 0 Å². The van der Waals surface area contributed by atoms with E-state index in [9.17, 15) is 32.1 Å². The van der Waals surface area contributed by atoms with E-state index in [0.717, 1.165) is 0 Å². The Morgan fingerprint density at radius 1 is 1.41 bits per heavy atom. The second kappa shape index (κ2) is 4.11. The van der Waals surface area contributed by atoms with Crippen LogP contribution in [-0.2, 0) is 6.18 Å². The third kappa shape index (κ3) is 2.40. The number of rotatable bonds is 2. The monoisotopic (exact) mass is 257 g/mol. The number of hydrogen-bond acceptors (Lipinski definition) is 4. The molecule has 94 valence electrons. The van der Waals surface area contributed by atoms with Crippen molar-refractivity contribution in [1.82, 2.24) is 4.98 Å². The normalized spacial score (nSPS) is 11.9. The van der Waals surface area contributed by atoms with Crippen molar-refractivity contribution in [2.45, 2.75) is 12.6 Å². The SMILES string of the molecule is Nc1ncc(C(F)F)c(C(F)(F)F)c1[N+](=O)[O-]. The van der Waals surface area contributed by atoms with Crippen molar-refractivity contribution in [3.8, 4) is 0 Å². The number of hydrogen-bond donors (Lipinski definition) is 1. The molecule has 0 unspecified atom stereocenters. The highest BCUT2D eigenvalue weighted by molar-refractivity contribution is 5.61. The van der Waals surface area contributed by atoms with Gasteiger partial charge in [-0.3, -0.25) is 10.1 Å². The molecule has 0 aliphatic carbocycles. The van der Waals surface area contributed by atoms with E-state index in [1.807, 2.05) is 0 Å². The highest BCUT2D eigenvalue weighted by Crippen LogP contribution is 2.43. The van der Waals surface area contributed by atoms with E-state index < -0.39 is 40.2 Å². The van der Waals surface area contributed by atoms with Crippen LogP contribution in [-0.4, -0.2) is 9.91 Å². The molecule has 1 aromatic heterocycles. The Bertz CT molecular complexity index is 460. The molecule has 0 bridgehead atoms. The van der Waals surface area contributed by atoms with Crippen molar-refractivity contribution in [2.75, 3.05) is 5.73 Å². The summed E-state index contributed by atoms with van der Waals surface area (Å²) in [5.41, 5.74) is -0.403. The molecule has 1 aromatic rings. The molecule has 10 heteroatoms. The quantitative estimate of drug-likeness (QED) is 0.501. The van der Waals surface area contributed by atoms with Crippen LogP contribution in [0.5, 0.6) is 0 Å². The molecule has 0 spiro atoms. The van der Waals surface area contributed by atoms with Gasteiger partial charge < -0.3 is 5.73 Å². The highest BCUT2D eigenvalue weighted by Gasteiger charge is 2.44. The summed E-state index contributed by atoms with van der Waals surface area (Å²) in [6, 6.07) is 0. The Balaban J connectivity index is 3.68. The minimum absolute atomic E-state index is 0.176. The predicted molar refractivity (Wildman–Crippen MR) is 45.3 cm³/mol. The Morgan fingerprint density at radius 3 is 2.29 bits per heavy atom. The average Bonchev–Trinajstić information content (AvgIpc) is 2.14. The zero-order valence-electron chi connectivity index (χ0n) is 7.83. The number of alkyl halides is 5. The number of halogens is 5. The summed E-state index contributed by atoms with van der Waals surface area (Å²) in [6.07, 6.45) is -8.68. The number of nitrogen functional groups attached to an aromatic ring is 1. The Kier molecular flexibility index (Phi) is 3.16. The van der Waals surface area contributed by atoms with Gasteiger partial charge >= 0.3 is 11.9 Å². The lowest BCUT2D eigenvalue weighted by atomic mass is 10.1. The first-order chi connectivity index (χ1) is 7.66. The van der Waals surface area contributed by atoms with Crippen LogP contribution in [0.2, 0.25) is 0 Å². The maximum Gasteiger partial charge on any atom is 0.423 e. The molecule has 0 amide bonds. The molecule has 0 saturated heterocycles. The van der Waals surface area contributed by atoms with Crippen molar-refractivity contribution in [3.63, 3.8) is 0 Å². The molecule has 0 saturated carbocycles. The van der Waals surface area contributed by atoms with Gasteiger partial charge in [0.2, 0.25) is 5.82 Å². The van der Waals surface area contributed by atoms with E-state index in [4.69, 9.17) is 5.73 Å². The van der Waals surface area contributed by atoms with Gasteiger partial charge in [0, 0.05) is 6.20 Å². The van der Waals surface area contributed by atoms with Gasteiger partial charge in [-0.15, -0.1) is 0 Å². The fourth-order valence-corrected chi connectivity index (χ4v) is 1.18. The van der Waals surface area contributed by atoms with Crippen molar-refractivity contribution >= 4 is 11.5 Å². The highest BCUT2D eigenvalue weighted by atomic mass is 19.4. The molecule has 2 N–H and O–H groups in total. The number of pyridine rings is 1. The van der Waals surface area contributed by atoms with E-state index in [1.165, 1.54) is 0 Å². The molecule has 0 aliphatic rings. The Hall–Kier alpha value is -2.00. The van der Waals surface area contributed by atoms with Crippen LogP contribution in [0.15, 0.2) is 6.20 Å². The molecule has 0 radical (unpaired) electrons. The topological polar surface area (TPSA) is 82.0 Å². The first-order valence-corrected chi connectivity index (χ1v) is 3.94. The van der Waals surface area contributed by atoms with Crippen LogP contribution in [0.4, 0.5) is 33.5 Å². The molecule has 0 aliphatic heterocycles. The van der Waals surface area contributed by atoms with Crippen LogP contribution < -0.4 is 5.73 Å². The number of anilines is 1. The van der Waals surface area contributed by atoms with Crippen LogP contribution in [0.3, 0.4) is 0 Å². The van der Waals surface area contributed by atoms with Crippen molar-refractivity contribution < 1.29 is 26.9 Å². The zero-order chi connectivity index (χ0) is 13.4. The van der Waals surface area contributed by atoms with Gasteiger partial charge in [0.1, 0.15) is 5.56 Å². The van der Waals surface area contributed by atoms with Crippen LogP contribution >= 0.6 is 0 Å². The molecular formula is C7H4F5N3O2. The van der Waals surface area contributed by atoms with Gasteiger partial charge in [0.05, 0.1) is 10.5 Å². The van der Waals surface area contributed by atoms with Crippen molar-refractivity contribution in [1.29, 1.82) is 0 Å². The van der Waals surface area contributed by atoms with E-state index in [2.05, 4.69) is 4.98 Å². The summed E-state index contributed by atoms with van der Waals surface area (Å²) in [7, 11) is 0. The minimum Gasteiger partial charge on any atom is -0.378 e. The lowest BCUT2D eigenvalue weighted by molar-refractivity contribution is -0.387. The maximum atomic E-state index is 12.5. The van der Waals surface area contributed by atoms with Gasteiger partial charge in [-0.2, -0.15) is 13.2 Å². The molecule has 17 heavy (non-hydrogen) atoms. The van der Waals surface area contributed by atoms with Gasteiger partial charge in [-0.1, -0.05) is 0 Å². The smallest absolute Gasteiger partial charge is 0.378 e. The number of nitrogens with zero attached hydrogens (tertiary/aromatic N) is 2. The second-order valence-electron chi connectivity index (χ2n) is 2.88. The van der Waals surface area contributed by atoms with Gasteiger partial charge in [0.15, 0.2) is 0 Å². The third-order valence-electron chi connectivity index (χ3n) is 1.81. The summed E-state index contributed by atoms with van der Waals surface area (Å²) >= 11 is 0. The molecule has 0 fully saturated rings. The van der Waals surface area contributed by atoms with Gasteiger partial charge in [-0.25, -0.2) is 13.8 Å².